The van der Waals surface area contributed by atoms with Crippen LogP contribution in [0.3, 0.4) is 0 Å². The van der Waals surface area contributed by atoms with Crippen molar-refractivity contribution < 1.29 is 0 Å². The van der Waals surface area contributed by atoms with Gasteiger partial charge in [-0.25, -0.2) is 0 Å². The van der Waals surface area contributed by atoms with E-state index in [9.17, 15) is 0 Å². The van der Waals surface area contributed by atoms with Crippen LogP contribution in [0.15, 0.2) is 0 Å². The summed E-state index contributed by atoms with van der Waals surface area (Å²) in [4.78, 5) is 3.52. The van der Waals surface area contributed by atoms with Gasteiger partial charge < -0.3 is 4.98 Å². The molecule has 1 fully saturated rings. The van der Waals surface area contributed by atoms with Crippen LogP contribution in [0.1, 0.15) is 19.3 Å². The molecule has 0 aliphatic heterocycles. The van der Waals surface area contributed by atoms with Crippen molar-refractivity contribution in [3.8, 4) is 0 Å². The number of hydrogen-bond donors (Lipinski definition) is 1. The fourth-order valence-corrected chi connectivity index (χ4v) is 5.52. The van der Waals surface area contributed by atoms with Gasteiger partial charge in [-0.2, -0.15) is 0 Å². The molecule has 72 valence electrons. The van der Waals surface area contributed by atoms with E-state index in [1.165, 1.54) is 25.3 Å². The molecule has 0 bridgehead atoms. The average Bonchev–Trinajstić information content (AvgIpc) is 2.36. The number of halogens is 1. The second-order valence-corrected chi connectivity index (χ2v) is 10.8. The first kappa shape index (κ1) is 11.0. The van der Waals surface area contributed by atoms with Crippen molar-refractivity contribution in [3.63, 3.8) is 0 Å². The van der Waals surface area contributed by atoms with Crippen LogP contribution in [0.2, 0.25) is 19.1 Å². The van der Waals surface area contributed by atoms with Crippen LogP contribution in [0, 0.1) is 5.92 Å². The maximum absolute atomic E-state index is 3.52. The lowest BCUT2D eigenvalue weighted by Gasteiger charge is -2.26. The quantitative estimate of drug-likeness (QED) is 0.480. The molecular formula is C9H20INSi. The summed E-state index contributed by atoms with van der Waals surface area (Å²) in [6.07, 6.45) is 4.40. The lowest BCUT2D eigenvalue weighted by atomic mass is 10.1. The van der Waals surface area contributed by atoms with Crippen LogP contribution in [-0.4, -0.2) is 19.2 Å². The minimum absolute atomic E-state index is 0.961. The zero-order valence-corrected chi connectivity index (χ0v) is 11.5. The molecule has 0 aromatic rings. The highest BCUT2D eigenvalue weighted by Crippen LogP contribution is 2.36. The molecule has 1 rings (SSSR count). The Morgan fingerprint density at radius 1 is 1.42 bits per heavy atom. The standard InChI is InChI=1S/C9H20INSi/c1-11-12(2,3)7-8-5-4-6-9(8)10/h8-9,11H,4-7H2,1-3H3. The van der Waals surface area contributed by atoms with Crippen LogP contribution in [0.25, 0.3) is 0 Å². The molecule has 2 unspecified atom stereocenters. The maximum atomic E-state index is 3.52. The summed E-state index contributed by atoms with van der Waals surface area (Å²) in [6.45, 7) is 4.88. The molecule has 1 nitrogen and oxygen atoms in total. The van der Waals surface area contributed by atoms with Gasteiger partial charge in [-0.3, -0.25) is 0 Å². The molecule has 0 aromatic heterocycles. The summed E-state index contributed by atoms with van der Waals surface area (Å²) in [5.41, 5.74) is 0. The summed E-state index contributed by atoms with van der Waals surface area (Å²) in [6, 6.07) is 1.47. The number of nitrogens with one attached hydrogen (secondary N) is 1. The van der Waals surface area contributed by atoms with E-state index in [0.29, 0.717) is 0 Å². The van der Waals surface area contributed by atoms with Gasteiger partial charge in [0.25, 0.3) is 0 Å². The molecule has 12 heavy (non-hydrogen) atoms. The van der Waals surface area contributed by atoms with Crippen molar-refractivity contribution in [3.05, 3.63) is 0 Å². The molecule has 0 aromatic carbocycles. The first-order chi connectivity index (χ1) is 5.55. The molecule has 1 aliphatic rings. The highest BCUT2D eigenvalue weighted by Gasteiger charge is 2.31. The topological polar surface area (TPSA) is 12.0 Å². The molecule has 2 atom stereocenters. The first-order valence-electron chi connectivity index (χ1n) is 4.88. The summed E-state index contributed by atoms with van der Waals surface area (Å²) < 4.78 is 0.961. The summed E-state index contributed by atoms with van der Waals surface area (Å²) in [7, 11) is 1.09. The normalized spacial score (nSPS) is 31.0. The Kier molecular flexibility index (Phi) is 4.04. The summed E-state index contributed by atoms with van der Waals surface area (Å²) in [5.74, 6) is 1.01. The Labute approximate surface area is 90.9 Å². The number of rotatable bonds is 3. The van der Waals surface area contributed by atoms with Crippen molar-refractivity contribution in [2.75, 3.05) is 7.05 Å². The number of alkyl halides is 1. The molecule has 1 saturated carbocycles. The van der Waals surface area contributed by atoms with Crippen molar-refractivity contribution in [1.29, 1.82) is 0 Å². The first-order valence-corrected chi connectivity index (χ1v) is 9.33. The Morgan fingerprint density at radius 2 is 2.08 bits per heavy atom. The molecule has 0 spiro atoms. The van der Waals surface area contributed by atoms with Crippen molar-refractivity contribution in [2.24, 2.45) is 5.92 Å². The third-order valence-electron chi connectivity index (χ3n) is 3.02. The van der Waals surface area contributed by atoms with Gasteiger partial charge >= 0.3 is 0 Å². The van der Waals surface area contributed by atoms with E-state index in [1.807, 2.05) is 0 Å². The Hall–Kier alpha value is 0.907. The van der Waals surface area contributed by atoms with E-state index in [1.54, 1.807) is 0 Å². The van der Waals surface area contributed by atoms with Gasteiger partial charge in [-0.15, -0.1) is 0 Å². The molecule has 0 heterocycles. The average molecular weight is 297 g/mol. The Balaban J connectivity index is 2.39. The number of hydrogen-bond acceptors (Lipinski definition) is 1. The highest BCUT2D eigenvalue weighted by molar-refractivity contribution is 14.1. The second-order valence-electron chi connectivity index (χ2n) is 4.54. The van der Waals surface area contributed by atoms with Gasteiger partial charge in [0.15, 0.2) is 0 Å². The Morgan fingerprint density at radius 3 is 2.50 bits per heavy atom. The van der Waals surface area contributed by atoms with Gasteiger partial charge in [0, 0.05) is 3.92 Å². The zero-order valence-electron chi connectivity index (χ0n) is 8.36. The van der Waals surface area contributed by atoms with Crippen molar-refractivity contribution >= 4 is 30.8 Å². The predicted octanol–water partition coefficient (Wildman–Crippen LogP) is 3.01. The summed E-state index contributed by atoms with van der Waals surface area (Å²) in [5, 5.41) is 0. The maximum Gasteiger partial charge on any atom is 0.119 e. The molecule has 0 amide bonds. The molecule has 1 N–H and O–H groups in total. The lowest BCUT2D eigenvalue weighted by molar-refractivity contribution is 0.621. The predicted molar refractivity (Wildman–Crippen MR) is 66.5 cm³/mol. The lowest BCUT2D eigenvalue weighted by Crippen LogP contribution is -2.43. The SMILES string of the molecule is CN[Si](C)(C)CC1CCCC1I. The van der Waals surface area contributed by atoms with E-state index in [0.717, 1.165) is 9.84 Å². The van der Waals surface area contributed by atoms with Crippen LogP contribution in [-0.2, 0) is 0 Å². The Bertz CT molecular complexity index is 149. The van der Waals surface area contributed by atoms with Crippen LogP contribution in [0.4, 0.5) is 0 Å². The fraction of sp³-hybridized carbons (Fsp3) is 1.00. The van der Waals surface area contributed by atoms with Gasteiger partial charge in [-0.05, 0) is 31.9 Å². The van der Waals surface area contributed by atoms with Gasteiger partial charge in [0.05, 0.1) is 0 Å². The van der Waals surface area contributed by atoms with Crippen LogP contribution < -0.4 is 4.98 Å². The molecule has 0 saturated heterocycles. The van der Waals surface area contributed by atoms with Gasteiger partial charge in [-0.1, -0.05) is 42.1 Å². The fourth-order valence-electron chi connectivity index (χ4n) is 1.98. The van der Waals surface area contributed by atoms with Gasteiger partial charge in [0.2, 0.25) is 0 Å². The monoisotopic (exact) mass is 297 g/mol. The summed E-state index contributed by atoms with van der Waals surface area (Å²) >= 11 is 2.64. The molecule has 3 heteroatoms. The van der Waals surface area contributed by atoms with Gasteiger partial charge in [0.1, 0.15) is 8.24 Å². The largest absolute Gasteiger partial charge is 0.340 e. The molecule has 1 aliphatic carbocycles. The highest BCUT2D eigenvalue weighted by atomic mass is 127. The van der Waals surface area contributed by atoms with E-state index < -0.39 is 8.24 Å². The van der Waals surface area contributed by atoms with E-state index >= 15 is 0 Å². The van der Waals surface area contributed by atoms with E-state index in [-0.39, 0.29) is 0 Å². The second kappa shape index (κ2) is 4.42. The molecule has 0 radical (unpaired) electrons. The van der Waals surface area contributed by atoms with E-state index in [2.05, 4.69) is 47.7 Å². The third kappa shape index (κ3) is 2.99. The molecular weight excluding hydrogens is 277 g/mol. The minimum Gasteiger partial charge on any atom is -0.340 e. The zero-order chi connectivity index (χ0) is 9.19. The third-order valence-corrected chi connectivity index (χ3v) is 7.55. The van der Waals surface area contributed by atoms with Crippen LogP contribution in [0.5, 0.6) is 0 Å². The van der Waals surface area contributed by atoms with Crippen LogP contribution >= 0.6 is 22.6 Å². The smallest absolute Gasteiger partial charge is 0.119 e. The minimum atomic E-state index is -1.04. The van der Waals surface area contributed by atoms with Crippen molar-refractivity contribution in [2.45, 2.75) is 42.3 Å². The van der Waals surface area contributed by atoms with E-state index in [4.69, 9.17) is 0 Å². The van der Waals surface area contributed by atoms with Crippen molar-refractivity contribution in [1.82, 2.24) is 4.98 Å².